The van der Waals surface area contributed by atoms with Gasteiger partial charge in [-0.25, -0.2) is 26.7 Å². The van der Waals surface area contributed by atoms with Crippen molar-refractivity contribution in [2.75, 3.05) is 19.1 Å². The van der Waals surface area contributed by atoms with E-state index in [2.05, 4.69) is 10.4 Å². The van der Waals surface area contributed by atoms with Gasteiger partial charge in [-0.2, -0.15) is 4.68 Å². The van der Waals surface area contributed by atoms with Crippen molar-refractivity contribution in [3.8, 4) is 17.2 Å². The minimum Gasteiger partial charge on any atom is -0.495 e. The number of methoxy groups -OCH3 is 1. The topological polar surface area (TPSA) is 108 Å². The summed E-state index contributed by atoms with van der Waals surface area (Å²) in [7, 11) is 1.23. The van der Waals surface area contributed by atoms with Gasteiger partial charge in [0.15, 0.2) is 11.9 Å². The molecule has 0 spiro atoms. The summed E-state index contributed by atoms with van der Waals surface area (Å²) in [4.78, 5) is 25.6. The number of carbonyl (C=O) groups excluding carboxylic acids is 1. The van der Waals surface area contributed by atoms with Crippen molar-refractivity contribution in [3.63, 3.8) is 0 Å². The van der Waals surface area contributed by atoms with Crippen LogP contribution in [0.15, 0.2) is 29.1 Å². The summed E-state index contributed by atoms with van der Waals surface area (Å²) >= 11 is 6.03. The number of aliphatic hydroxyl groups excluding tert-OH is 1. The number of halogens is 6. The van der Waals surface area contributed by atoms with Crippen LogP contribution in [0.2, 0.25) is 5.02 Å². The van der Waals surface area contributed by atoms with E-state index in [-0.39, 0.29) is 23.1 Å². The van der Waals surface area contributed by atoms with Crippen LogP contribution < -0.4 is 20.5 Å². The molecule has 37 heavy (non-hydrogen) atoms. The Kier molecular flexibility index (Phi) is 8.76. The van der Waals surface area contributed by atoms with Gasteiger partial charge in [0.05, 0.1) is 18.4 Å². The summed E-state index contributed by atoms with van der Waals surface area (Å²) in [6.45, 7) is -0.741. The fourth-order valence-corrected chi connectivity index (χ4v) is 3.59. The number of benzene rings is 2. The van der Waals surface area contributed by atoms with E-state index < -0.39 is 71.7 Å². The first kappa shape index (κ1) is 27.9. The summed E-state index contributed by atoms with van der Waals surface area (Å²) in [5.74, 6) is -4.41. The minimum absolute atomic E-state index is 0.0165. The summed E-state index contributed by atoms with van der Waals surface area (Å²) < 4.78 is 80.7. The molecule has 1 aromatic heterocycles. The molecule has 3 aromatic rings. The van der Waals surface area contributed by atoms with Gasteiger partial charge in [-0.3, -0.25) is 9.36 Å². The van der Waals surface area contributed by atoms with Gasteiger partial charge in [-0.15, -0.1) is 5.10 Å². The van der Waals surface area contributed by atoms with Gasteiger partial charge >= 0.3 is 5.69 Å². The number of aliphatic hydroxyl groups is 1. The highest BCUT2D eigenvalue weighted by atomic mass is 35.5. The van der Waals surface area contributed by atoms with Crippen LogP contribution in [0.3, 0.4) is 0 Å². The molecule has 0 aliphatic carbocycles. The number of nitrogens with zero attached hydrogens (tertiary/aromatic N) is 3. The molecule has 0 saturated carbocycles. The van der Waals surface area contributed by atoms with E-state index in [0.29, 0.717) is 16.8 Å². The number of ether oxygens (including phenoxy) is 2. The molecule has 200 valence electrons. The average molecular weight is 551 g/mol. The van der Waals surface area contributed by atoms with Crippen molar-refractivity contribution in [2.45, 2.75) is 32.6 Å². The number of anilines is 1. The van der Waals surface area contributed by atoms with Gasteiger partial charge in [0.1, 0.15) is 47.1 Å². The molecule has 2 N–H and O–H groups in total. The lowest BCUT2D eigenvalue weighted by molar-refractivity contribution is -0.00159. The first-order valence-electron chi connectivity index (χ1n) is 10.5. The molecule has 0 unspecified atom stereocenters. The molecule has 1 atom stereocenters. The number of nitrogens with one attached hydrogen (secondary N) is 1. The number of rotatable bonds is 10. The van der Waals surface area contributed by atoms with Crippen molar-refractivity contribution in [1.29, 1.82) is 0 Å². The van der Waals surface area contributed by atoms with Gasteiger partial charge in [0, 0.05) is 12.6 Å². The molecule has 0 radical (unpaired) electrons. The van der Waals surface area contributed by atoms with Crippen molar-refractivity contribution in [3.05, 3.63) is 62.8 Å². The Bertz CT molecular complexity index is 1360. The second-order valence-corrected chi connectivity index (χ2v) is 7.73. The van der Waals surface area contributed by atoms with E-state index in [9.17, 15) is 32.3 Å². The SMILES string of the molecule is CCn1c(CO)nn(-c2cc(O[C@@H](CF)C(F)F)c(C(=O)Nc3c(F)ccc(OC)c3Cl)cc2F)c1=O. The number of aromatic nitrogens is 3. The zero-order valence-electron chi connectivity index (χ0n) is 19.3. The summed E-state index contributed by atoms with van der Waals surface area (Å²) in [5, 5.41) is 15.0. The Morgan fingerprint density at radius 3 is 2.46 bits per heavy atom. The molecule has 0 bridgehead atoms. The van der Waals surface area contributed by atoms with Crippen LogP contribution in [0.25, 0.3) is 5.69 Å². The fourth-order valence-electron chi connectivity index (χ4n) is 3.31. The Hall–Kier alpha value is -3.65. The van der Waals surface area contributed by atoms with Gasteiger partial charge < -0.3 is 19.9 Å². The Morgan fingerprint density at radius 1 is 1.22 bits per heavy atom. The number of hydrogen-bond acceptors (Lipinski definition) is 6. The highest BCUT2D eigenvalue weighted by Crippen LogP contribution is 2.35. The van der Waals surface area contributed by atoms with Crippen LogP contribution in [-0.4, -0.2) is 51.7 Å². The molecule has 0 aliphatic rings. The number of alkyl halides is 3. The maximum Gasteiger partial charge on any atom is 0.350 e. The molecular weight excluding hydrogens is 531 g/mol. The van der Waals surface area contributed by atoms with E-state index in [4.69, 9.17) is 21.1 Å². The standard InChI is InChI=1S/C22H20ClF5N4O5/c1-3-31-17(9-33)30-32(22(31)35)13-7-15(37-16(8-24)20(27)28)10(6-12(13)26)21(34)29-19-11(25)4-5-14(36-2)18(19)23/h4-7,16,20,33H,3,8-9H2,1-2H3,(H,29,34)/t16-/m0/s1. The van der Waals surface area contributed by atoms with Crippen LogP contribution in [0.1, 0.15) is 23.1 Å². The molecule has 0 fully saturated rings. The largest absolute Gasteiger partial charge is 0.495 e. The summed E-state index contributed by atoms with van der Waals surface area (Å²) in [6.07, 6.45) is -5.71. The Balaban J connectivity index is 2.16. The molecular formula is C22H20ClF5N4O5. The third-order valence-electron chi connectivity index (χ3n) is 5.14. The third-order valence-corrected chi connectivity index (χ3v) is 5.52. The molecule has 1 amide bonds. The zero-order valence-corrected chi connectivity index (χ0v) is 20.0. The van der Waals surface area contributed by atoms with Crippen molar-refractivity contribution >= 4 is 23.2 Å². The molecule has 9 nitrogen and oxygen atoms in total. The highest BCUT2D eigenvalue weighted by Gasteiger charge is 2.28. The molecule has 0 saturated heterocycles. The quantitative estimate of drug-likeness (QED) is 0.373. The summed E-state index contributed by atoms with van der Waals surface area (Å²) in [5.41, 5.74) is -2.85. The van der Waals surface area contributed by atoms with E-state index >= 15 is 4.39 Å². The molecule has 1 heterocycles. The van der Waals surface area contributed by atoms with Crippen molar-refractivity contribution < 1.29 is 41.3 Å². The smallest absolute Gasteiger partial charge is 0.350 e. The van der Waals surface area contributed by atoms with Crippen LogP contribution in [0.5, 0.6) is 11.5 Å². The Labute approximate surface area is 211 Å². The molecule has 15 heteroatoms. The van der Waals surface area contributed by atoms with E-state index in [1.54, 1.807) is 6.92 Å². The first-order valence-corrected chi connectivity index (χ1v) is 10.9. The van der Waals surface area contributed by atoms with Gasteiger partial charge in [-0.05, 0) is 25.1 Å². The predicted molar refractivity (Wildman–Crippen MR) is 122 cm³/mol. The first-order chi connectivity index (χ1) is 17.6. The number of carbonyl (C=O) groups is 1. The zero-order chi connectivity index (χ0) is 27.4. The maximum absolute atomic E-state index is 15.1. The summed E-state index contributed by atoms with van der Waals surface area (Å²) in [6, 6.07) is 3.31. The molecule has 0 aliphatic heterocycles. The lowest BCUT2D eigenvalue weighted by atomic mass is 10.1. The van der Waals surface area contributed by atoms with E-state index in [0.717, 1.165) is 10.6 Å². The van der Waals surface area contributed by atoms with Crippen LogP contribution >= 0.6 is 11.6 Å². The monoisotopic (exact) mass is 550 g/mol. The van der Waals surface area contributed by atoms with Crippen LogP contribution in [0.4, 0.5) is 27.6 Å². The van der Waals surface area contributed by atoms with Crippen LogP contribution in [0, 0.1) is 11.6 Å². The van der Waals surface area contributed by atoms with Gasteiger partial charge in [0.2, 0.25) is 0 Å². The highest BCUT2D eigenvalue weighted by molar-refractivity contribution is 6.35. The maximum atomic E-state index is 15.1. The van der Waals surface area contributed by atoms with E-state index in [1.165, 1.54) is 13.2 Å². The lowest BCUT2D eigenvalue weighted by Gasteiger charge is -2.19. The van der Waals surface area contributed by atoms with Crippen LogP contribution in [-0.2, 0) is 13.2 Å². The minimum atomic E-state index is -3.34. The normalized spacial score (nSPS) is 12.1. The second kappa shape index (κ2) is 11.6. The number of amides is 1. The Morgan fingerprint density at radius 2 is 1.92 bits per heavy atom. The van der Waals surface area contributed by atoms with Crippen molar-refractivity contribution in [1.82, 2.24) is 14.3 Å². The van der Waals surface area contributed by atoms with E-state index in [1.807, 2.05) is 0 Å². The molecule has 2 aromatic carbocycles. The predicted octanol–water partition coefficient (Wildman–Crippen LogP) is 3.72. The molecule has 3 rings (SSSR count). The average Bonchev–Trinajstić information content (AvgIpc) is 3.20. The third kappa shape index (κ3) is 5.54. The number of hydrogen-bond donors (Lipinski definition) is 2. The lowest BCUT2D eigenvalue weighted by Crippen LogP contribution is -2.29. The van der Waals surface area contributed by atoms with Crippen molar-refractivity contribution in [2.24, 2.45) is 0 Å². The second-order valence-electron chi connectivity index (χ2n) is 7.35. The fraction of sp³-hybridized carbons (Fsp3) is 0.318. The van der Waals surface area contributed by atoms with Gasteiger partial charge in [-0.1, -0.05) is 11.6 Å². The van der Waals surface area contributed by atoms with Gasteiger partial charge in [0.25, 0.3) is 12.3 Å².